The van der Waals surface area contributed by atoms with Gasteiger partial charge >= 0.3 is 0 Å². The normalized spacial score (nSPS) is 25.4. The minimum absolute atomic E-state index is 0.0781. The van der Waals surface area contributed by atoms with Crippen molar-refractivity contribution in [2.75, 3.05) is 50.8 Å². The number of benzene rings is 1. The molecule has 10 heteroatoms. The quantitative estimate of drug-likeness (QED) is 0.623. The number of aryl methyl sites for hydroxylation is 3. The van der Waals surface area contributed by atoms with E-state index in [9.17, 15) is 21.6 Å². The molecule has 0 bridgehead atoms. The summed E-state index contributed by atoms with van der Waals surface area (Å²) in [5, 5.41) is 0. The van der Waals surface area contributed by atoms with Crippen LogP contribution in [0.2, 0.25) is 0 Å². The average molecular weight is 498 g/mol. The van der Waals surface area contributed by atoms with Gasteiger partial charge < -0.3 is 4.90 Å². The van der Waals surface area contributed by atoms with Crippen LogP contribution in [0.15, 0.2) is 17.0 Å². The van der Waals surface area contributed by atoms with E-state index in [-0.39, 0.29) is 29.4 Å². The summed E-state index contributed by atoms with van der Waals surface area (Å²) in [5.74, 6) is 0.441. The number of carbonyl (C=O) groups excluding carboxylic acids is 1. The van der Waals surface area contributed by atoms with E-state index in [0.29, 0.717) is 63.4 Å². The van der Waals surface area contributed by atoms with Crippen molar-refractivity contribution >= 4 is 25.8 Å². The highest BCUT2D eigenvalue weighted by atomic mass is 32.2. The standard InChI is InChI=1S/C23H35N3O5S2/c1-17-14-18(2)22(19(3)15-17)33(30,31)26-7-4-20(5-8-26)23(27)25-11-9-24(10-12-25)21-6-13-32(28,29)16-21/h14-15,20-21H,4-13,16H2,1-3H3. The van der Waals surface area contributed by atoms with Crippen LogP contribution in [0.5, 0.6) is 0 Å². The molecule has 33 heavy (non-hydrogen) atoms. The molecule has 3 fully saturated rings. The summed E-state index contributed by atoms with van der Waals surface area (Å²) in [7, 11) is -6.50. The van der Waals surface area contributed by atoms with Gasteiger partial charge in [-0.3, -0.25) is 9.69 Å². The summed E-state index contributed by atoms with van der Waals surface area (Å²) in [6, 6.07) is 3.88. The predicted molar refractivity (Wildman–Crippen MR) is 127 cm³/mol. The van der Waals surface area contributed by atoms with Gasteiger partial charge in [0.2, 0.25) is 15.9 Å². The molecule has 3 aliphatic rings. The minimum atomic E-state index is -3.59. The Kier molecular flexibility index (Phi) is 6.93. The van der Waals surface area contributed by atoms with Crippen molar-refractivity contribution in [3.8, 4) is 0 Å². The average Bonchev–Trinajstić information content (AvgIpc) is 3.12. The van der Waals surface area contributed by atoms with Gasteiger partial charge in [-0.15, -0.1) is 0 Å². The molecule has 184 valence electrons. The van der Waals surface area contributed by atoms with E-state index >= 15 is 0 Å². The topological polar surface area (TPSA) is 95.1 Å². The largest absolute Gasteiger partial charge is 0.340 e. The second-order valence-electron chi connectivity index (χ2n) is 9.82. The van der Waals surface area contributed by atoms with Crippen molar-refractivity contribution in [1.29, 1.82) is 0 Å². The second-order valence-corrected chi connectivity index (χ2v) is 13.9. The third-order valence-corrected chi connectivity index (χ3v) is 11.3. The molecule has 1 aromatic rings. The molecule has 0 saturated carbocycles. The summed E-state index contributed by atoms with van der Waals surface area (Å²) in [5.41, 5.74) is 2.57. The number of rotatable bonds is 4. The SMILES string of the molecule is Cc1cc(C)c(S(=O)(=O)N2CCC(C(=O)N3CCN(C4CCS(=O)(=O)C4)CC3)CC2)c(C)c1. The Bertz CT molecular complexity index is 1090. The van der Waals surface area contributed by atoms with Gasteiger partial charge in [-0.25, -0.2) is 16.8 Å². The highest BCUT2D eigenvalue weighted by Crippen LogP contribution is 2.30. The molecule has 0 aromatic heterocycles. The van der Waals surface area contributed by atoms with Gasteiger partial charge in [-0.05, 0) is 51.2 Å². The van der Waals surface area contributed by atoms with Gasteiger partial charge in [-0.2, -0.15) is 4.31 Å². The first-order valence-electron chi connectivity index (χ1n) is 11.8. The third-order valence-electron chi connectivity index (χ3n) is 7.36. The van der Waals surface area contributed by atoms with Gasteiger partial charge in [0.15, 0.2) is 9.84 Å². The Hall–Kier alpha value is -1.49. The molecule has 0 N–H and O–H groups in total. The Morgan fingerprint density at radius 1 is 0.909 bits per heavy atom. The lowest BCUT2D eigenvalue weighted by Gasteiger charge is -2.40. The van der Waals surface area contributed by atoms with Crippen molar-refractivity contribution < 1.29 is 21.6 Å². The molecule has 1 aromatic carbocycles. The van der Waals surface area contributed by atoms with Crippen LogP contribution in [0.3, 0.4) is 0 Å². The fourth-order valence-electron chi connectivity index (χ4n) is 5.67. The first kappa shape index (κ1) is 24.6. The Morgan fingerprint density at radius 3 is 2.00 bits per heavy atom. The van der Waals surface area contributed by atoms with Crippen LogP contribution < -0.4 is 0 Å². The molecular weight excluding hydrogens is 462 g/mol. The van der Waals surface area contributed by atoms with Gasteiger partial charge in [0.25, 0.3) is 0 Å². The fourth-order valence-corrected chi connectivity index (χ4v) is 9.32. The van der Waals surface area contributed by atoms with E-state index in [4.69, 9.17) is 0 Å². The van der Waals surface area contributed by atoms with Crippen LogP contribution in [0.25, 0.3) is 0 Å². The summed E-state index contributed by atoms with van der Waals surface area (Å²) >= 11 is 0. The van der Waals surface area contributed by atoms with Crippen molar-refractivity contribution in [3.05, 3.63) is 28.8 Å². The molecule has 1 atom stereocenters. The molecule has 1 amide bonds. The predicted octanol–water partition coefficient (Wildman–Crippen LogP) is 1.34. The Balaban J connectivity index is 1.32. The second kappa shape index (κ2) is 9.28. The van der Waals surface area contributed by atoms with Crippen LogP contribution in [-0.2, 0) is 24.7 Å². The van der Waals surface area contributed by atoms with E-state index in [2.05, 4.69) is 4.90 Å². The number of hydrogen-bond acceptors (Lipinski definition) is 6. The zero-order valence-corrected chi connectivity index (χ0v) is 21.4. The molecule has 0 radical (unpaired) electrons. The lowest BCUT2D eigenvalue weighted by atomic mass is 9.96. The van der Waals surface area contributed by atoms with Gasteiger partial charge in [0.1, 0.15) is 0 Å². The van der Waals surface area contributed by atoms with Crippen LogP contribution in [0.1, 0.15) is 36.0 Å². The Labute approximate surface area is 197 Å². The number of nitrogens with zero attached hydrogens (tertiary/aromatic N) is 3. The number of hydrogen-bond donors (Lipinski definition) is 0. The summed E-state index contributed by atoms with van der Waals surface area (Å²) in [6.45, 7) is 8.95. The minimum Gasteiger partial charge on any atom is -0.340 e. The molecule has 0 spiro atoms. The van der Waals surface area contributed by atoms with Crippen molar-refractivity contribution in [1.82, 2.24) is 14.1 Å². The Morgan fingerprint density at radius 2 is 1.48 bits per heavy atom. The molecule has 3 saturated heterocycles. The van der Waals surface area contributed by atoms with E-state index < -0.39 is 19.9 Å². The third kappa shape index (κ3) is 5.13. The summed E-state index contributed by atoms with van der Waals surface area (Å²) in [6.07, 6.45) is 1.75. The van der Waals surface area contributed by atoms with Crippen molar-refractivity contribution in [2.45, 2.75) is 51.0 Å². The molecule has 4 rings (SSSR count). The molecule has 3 aliphatic heterocycles. The van der Waals surface area contributed by atoms with Gasteiger partial charge in [-0.1, -0.05) is 17.7 Å². The van der Waals surface area contributed by atoms with E-state index in [1.807, 2.05) is 37.8 Å². The molecule has 8 nitrogen and oxygen atoms in total. The van der Waals surface area contributed by atoms with Crippen LogP contribution in [0, 0.1) is 26.7 Å². The first-order chi connectivity index (χ1) is 15.5. The number of piperazine rings is 1. The molecule has 1 unspecified atom stereocenters. The zero-order chi connectivity index (χ0) is 24.0. The van der Waals surface area contributed by atoms with Crippen LogP contribution in [-0.4, -0.2) is 93.7 Å². The number of sulfonamides is 1. The van der Waals surface area contributed by atoms with Gasteiger partial charge in [0.05, 0.1) is 16.4 Å². The monoisotopic (exact) mass is 497 g/mol. The first-order valence-corrected chi connectivity index (χ1v) is 15.1. The van der Waals surface area contributed by atoms with E-state index in [0.717, 1.165) is 16.7 Å². The highest BCUT2D eigenvalue weighted by molar-refractivity contribution is 7.91. The zero-order valence-electron chi connectivity index (χ0n) is 19.8. The summed E-state index contributed by atoms with van der Waals surface area (Å²) in [4.78, 5) is 17.6. The molecule has 3 heterocycles. The van der Waals surface area contributed by atoms with E-state index in [1.54, 1.807) is 0 Å². The maximum absolute atomic E-state index is 13.3. The number of sulfone groups is 1. The van der Waals surface area contributed by atoms with Crippen molar-refractivity contribution in [2.24, 2.45) is 5.92 Å². The maximum atomic E-state index is 13.3. The van der Waals surface area contributed by atoms with Crippen LogP contribution in [0.4, 0.5) is 0 Å². The van der Waals surface area contributed by atoms with Crippen molar-refractivity contribution in [3.63, 3.8) is 0 Å². The highest BCUT2D eigenvalue weighted by Gasteiger charge is 2.38. The number of carbonyl (C=O) groups is 1. The van der Waals surface area contributed by atoms with E-state index in [1.165, 1.54) is 4.31 Å². The maximum Gasteiger partial charge on any atom is 0.243 e. The summed E-state index contributed by atoms with van der Waals surface area (Å²) < 4.78 is 51.7. The molecular formula is C23H35N3O5S2. The lowest BCUT2D eigenvalue weighted by Crippen LogP contribution is -2.54. The molecule has 0 aliphatic carbocycles. The number of piperidine rings is 1. The van der Waals surface area contributed by atoms with Gasteiger partial charge in [0, 0.05) is 51.2 Å². The van der Waals surface area contributed by atoms with Crippen LogP contribution >= 0.6 is 0 Å². The number of amides is 1. The lowest BCUT2D eigenvalue weighted by molar-refractivity contribution is -0.138. The fraction of sp³-hybridized carbons (Fsp3) is 0.696. The smallest absolute Gasteiger partial charge is 0.243 e.